The predicted molar refractivity (Wildman–Crippen MR) is 116 cm³/mol. The molecule has 0 unspecified atom stereocenters. The van der Waals surface area contributed by atoms with Crippen molar-refractivity contribution in [3.05, 3.63) is 60.1 Å². The van der Waals surface area contributed by atoms with Gasteiger partial charge in [0.05, 0.1) is 24.8 Å². The van der Waals surface area contributed by atoms with E-state index in [0.29, 0.717) is 19.6 Å². The van der Waals surface area contributed by atoms with Crippen LogP contribution in [0.25, 0.3) is 0 Å². The lowest BCUT2D eigenvalue weighted by Gasteiger charge is -2.32. The van der Waals surface area contributed by atoms with E-state index in [1.807, 2.05) is 63.2 Å². The number of nitrogens with zero attached hydrogens (tertiary/aromatic N) is 2. The number of rotatable bonds is 11. The maximum absolute atomic E-state index is 13.2. The summed E-state index contributed by atoms with van der Waals surface area (Å²) >= 11 is 5.99. The number of halogens is 1. The van der Waals surface area contributed by atoms with Gasteiger partial charge in [-0.25, -0.2) is 0 Å². The van der Waals surface area contributed by atoms with E-state index in [9.17, 15) is 9.59 Å². The zero-order valence-electron chi connectivity index (χ0n) is 17.6. The molecule has 0 spiro atoms. The Hall–Kier alpha value is -2.27. The lowest BCUT2D eigenvalue weighted by atomic mass is 9.94. The van der Waals surface area contributed by atoms with Gasteiger partial charge in [-0.05, 0) is 44.4 Å². The number of benzene rings is 1. The van der Waals surface area contributed by atoms with Gasteiger partial charge in [-0.3, -0.25) is 9.59 Å². The molecule has 1 aromatic carbocycles. The number of carbonyl (C=O) groups is 2. The van der Waals surface area contributed by atoms with Crippen molar-refractivity contribution in [1.82, 2.24) is 9.80 Å². The van der Waals surface area contributed by atoms with Crippen molar-refractivity contribution in [3.8, 4) is 0 Å². The van der Waals surface area contributed by atoms with Crippen LogP contribution in [0.3, 0.4) is 0 Å². The summed E-state index contributed by atoms with van der Waals surface area (Å²) in [5.41, 5.74) is 0.460. The van der Waals surface area contributed by atoms with Gasteiger partial charge in [-0.1, -0.05) is 37.3 Å². The fraction of sp³-hybridized carbons (Fsp3) is 0.478. The van der Waals surface area contributed by atoms with Crippen molar-refractivity contribution < 1.29 is 14.0 Å². The number of amides is 2. The Balaban J connectivity index is 2.12. The quantitative estimate of drug-likeness (QED) is 0.509. The molecule has 2 amide bonds. The Labute approximate surface area is 178 Å². The van der Waals surface area contributed by atoms with E-state index < -0.39 is 5.41 Å². The topological polar surface area (TPSA) is 53.8 Å². The molecule has 2 aromatic rings. The number of hydrogen-bond acceptors (Lipinski definition) is 3. The van der Waals surface area contributed by atoms with E-state index in [-0.39, 0.29) is 24.2 Å². The molecule has 0 aliphatic carbocycles. The Bertz CT molecular complexity index is 760. The molecule has 1 heterocycles. The molecule has 5 nitrogen and oxygen atoms in total. The van der Waals surface area contributed by atoms with Gasteiger partial charge in [0.25, 0.3) is 0 Å². The van der Waals surface area contributed by atoms with Crippen LogP contribution in [-0.4, -0.2) is 47.1 Å². The van der Waals surface area contributed by atoms with Gasteiger partial charge in [-0.15, -0.1) is 11.6 Å². The fourth-order valence-corrected chi connectivity index (χ4v) is 3.18. The van der Waals surface area contributed by atoms with E-state index in [1.165, 1.54) is 0 Å². The van der Waals surface area contributed by atoms with Gasteiger partial charge in [0, 0.05) is 19.0 Å². The number of carbonyl (C=O) groups excluding carboxylic acids is 2. The molecule has 0 fully saturated rings. The highest BCUT2D eigenvalue weighted by molar-refractivity contribution is 6.19. The van der Waals surface area contributed by atoms with Crippen molar-refractivity contribution in [1.29, 1.82) is 0 Å². The highest BCUT2D eigenvalue weighted by atomic mass is 35.5. The van der Waals surface area contributed by atoms with Crippen molar-refractivity contribution in [2.45, 2.75) is 40.2 Å². The Morgan fingerprint density at radius 2 is 1.76 bits per heavy atom. The molecule has 6 heteroatoms. The zero-order valence-corrected chi connectivity index (χ0v) is 18.3. The van der Waals surface area contributed by atoms with Gasteiger partial charge in [-0.2, -0.15) is 0 Å². The van der Waals surface area contributed by atoms with Gasteiger partial charge < -0.3 is 14.2 Å². The van der Waals surface area contributed by atoms with Gasteiger partial charge >= 0.3 is 0 Å². The second kappa shape index (κ2) is 11.1. The van der Waals surface area contributed by atoms with E-state index in [0.717, 1.165) is 24.2 Å². The van der Waals surface area contributed by atoms with Crippen LogP contribution in [0.4, 0.5) is 0 Å². The number of hydrogen-bond donors (Lipinski definition) is 0. The van der Waals surface area contributed by atoms with E-state index >= 15 is 0 Å². The average Bonchev–Trinajstić information content (AvgIpc) is 3.24. The molecule has 0 bridgehead atoms. The van der Waals surface area contributed by atoms with Crippen LogP contribution in [0, 0.1) is 5.41 Å². The SMILES string of the molecule is CCCN(CC(=O)N(CCc1ccccc1)Cc1ccco1)C(=O)C(C)(C)CCl. The molecular weight excluding hydrogens is 388 g/mol. The third-order valence-corrected chi connectivity index (χ3v) is 5.48. The van der Waals surface area contributed by atoms with Crippen LogP contribution in [0.2, 0.25) is 0 Å². The molecule has 1 aromatic heterocycles. The highest BCUT2D eigenvalue weighted by Gasteiger charge is 2.32. The predicted octanol–water partition coefficient (Wildman–Crippen LogP) is 4.35. The zero-order chi connectivity index (χ0) is 21.3. The Morgan fingerprint density at radius 1 is 1.03 bits per heavy atom. The smallest absolute Gasteiger partial charge is 0.242 e. The Kier molecular flexibility index (Phi) is 8.77. The molecule has 158 valence electrons. The third-order valence-electron chi connectivity index (χ3n) is 4.81. The second-order valence-corrected chi connectivity index (χ2v) is 8.14. The summed E-state index contributed by atoms with van der Waals surface area (Å²) < 4.78 is 5.45. The average molecular weight is 419 g/mol. The van der Waals surface area contributed by atoms with Crippen molar-refractivity contribution in [2.24, 2.45) is 5.41 Å². The maximum atomic E-state index is 13.2. The standard InChI is InChI=1S/C23H31ClN2O3/c1-4-13-26(22(28)23(2,3)18-24)17-21(27)25(16-20-11-8-15-29-20)14-12-19-9-6-5-7-10-19/h5-11,15H,4,12-14,16-18H2,1-3H3. The normalized spacial score (nSPS) is 11.3. The lowest BCUT2D eigenvalue weighted by molar-refractivity contribution is -0.145. The third kappa shape index (κ3) is 6.93. The molecule has 0 N–H and O–H groups in total. The summed E-state index contributed by atoms with van der Waals surface area (Å²) in [7, 11) is 0. The first-order valence-corrected chi connectivity index (χ1v) is 10.6. The molecule has 2 rings (SSSR count). The Morgan fingerprint density at radius 3 is 2.34 bits per heavy atom. The number of furan rings is 1. The van der Waals surface area contributed by atoms with Gasteiger partial charge in [0.15, 0.2) is 0 Å². The summed E-state index contributed by atoms with van der Waals surface area (Å²) in [4.78, 5) is 29.4. The van der Waals surface area contributed by atoms with Crippen molar-refractivity contribution >= 4 is 23.4 Å². The van der Waals surface area contributed by atoms with Crippen LogP contribution in [0.5, 0.6) is 0 Å². The van der Waals surface area contributed by atoms with Crippen molar-refractivity contribution in [3.63, 3.8) is 0 Å². The first-order chi connectivity index (χ1) is 13.9. The van der Waals surface area contributed by atoms with E-state index in [4.69, 9.17) is 16.0 Å². The van der Waals surface area contributed by atoms with Gasteiger partial charge in [0.2, 0.25) is 11.8 Å². The molecule has 0 radical (unpaired) electrons. The van der Waals surface area contributed by atoms with Crippen LogP contribution in [-0.2, 0) is 22.6 Å². The van der Waals surface area contributed by atoms with Crippen LogP contribution in [0.15, 0.2) is 53.1 Å². The molecule has 0 saturated heterocycles. The number of alkyl halides is 1. The molecule has 0 aliphatic rings. The lowest BCUT2D eigenvalue weighted by Crippen LogP contribution is -2.48. The monoisotopic (exact) mass is 418 g/mol. The summed E-state index contributed by atoms with van der Waals surface area (Å²) in [5.74, 6) is 0.749. The van der Waals surface area contributed by atoms with Crippen LogP contribution < -0.4 is 0 Å². The fourth-order valence-electron chi connectivity index (χ4n) is 3.06. The summed E-state index contributed by atoms with van der Waals surface area (Å²) in [6.07, 6.45) is 3.12. The maximum Gasteiger partial charge on any atom is 0.242 e. The van der Waals surface area contributed by atoms with Crippen molar-refractivity contribution in [2.75, 3.05) is 25.5 Å². The first kappa shape index (κ1) is 23.0. The minimum Gasteiger partial charge on any atom is -0.467 e. The summed E-state index contributed by atoms with van der Waals surface area (Å²) in [6, 6.07) is 13.7. The minimum atomic E-state index is -0.702. The van der Waals surface area contributed by atoms with Crippen LogP contribution in [0.1, 0.15) is 38.5 Å². The molecule has 0 saturated carbocycles. The summed E-state index contributed by atoms with van der Waals surface area (Å²) in [6.45, 7) is 7.12. The minimum absolute atomic E-state index is 0.0441. The highest BCUT2D eigenvalue weighted by Crippen LogP contribution is 2.21. The first-order valence-electron chi connectivity index (χ1n) is 10.1. The molecule has 29 heavy (non-hydrogen) atoms. The van der Waals surface area contributed by atoms with E-state index in [2.05, 4.69) is 0 Å². The molecule has 0 aliphatic heterocycles. The van der Waals surface area contributed by atoms with Gasteiger partial charge in [0.1, 0.15) is 5.76 Å². The second-order valence-electron chi connectivity index (χ2n) is 7.87. The molecule has 0 atom stereocenters. The summed E-state index contributed by atoms with van der Waals surface area (Å²) in [5, 5.41) is 0. The largest absolute Gasteiger partial charge is 0.467 e. The van der Waals surface area contributed by atoms with Crippen LogP contribution >= 0.6 is 11.6 Å². The molecular formula is C23H31ClN2O3. The van der Waals surface area contributed by atoms with E-state index in [1.54, 1.807) is 16.1 Å².